The van der Waals surface area contributed by atoms with E-state index in [1.165, 1.54) is 6.42 Å². The molecule has 3 rings (SSSR count). The number of rotatable bonds is 6. The molecular weight excluding hydrogens is 276 g/mol. The summed E-state index contributed by atoms with van der Waals surface area (Å²) >= 11 is 0. The second-order valence-electron chi connectivity index (χ2n) is 5.75. The van der Waals surface area contributed by atoms with E-state index < -0.39 is 0 Å². The van der Waals surface area contributed by atoms with Crippen LogP contribution in [0.1, 0.15) is 31.9 Å². The third-order valence-corrected chi connectivity index (χ3v) is 4.37. The number of hydrogen-bond donors (Lipinski definition) is 1. The van der Waals surface area contributed by atoms with Gasteiger partial charge in [0.05, 0.1) is 5.60 Å². The van der Waals surface area contributed by atoms with Gasteiger partial charge in [0, 0.05) is 43.4 Å². The van der Waals surface area contributed by atoms with Crippen molar-refractivity contribution in [2.75, 3.05) is 19.0 Å². The minimum absolute atomic E-state index is 0.0197. The summed E-state index contributed by atoms with van der Waals surface area (Å²) in [7, 11) is 1.79. The van der Waals surface area contributed by atoms with Crippen LogP contribution >= 0.6 is 0 Å². The number of ether oxygens (including phenoxy) is 1. The van der Waals surface area contributed by atoms with Crippen LogP contribution in [-0.2, 0) is 11.2 Å². The first-order valence-electron chi connectivity index (χ1n) is 7.82. The summed E-state index contributed by atoms with van der Waals surface area (Å²) in [5, 5.41) is 3.43. The zero-order valence-corrected chi connectivity index (χ0v) is 13.2. The van der Waals surface area contributed by atoms with Crippen LogP contribution in [0.3, 0.4) is 0 Å². The lowest BCUT2D eigenvalue weighted by molar-refractivity contribution is -0.0601. The Hall–Kier alpha value is -2.01. The van der Waals surface area contributed by atoms with Crippen molar-refractivity contribution in [2.45, 2.75) is 38.2 Å². The summed E-state index contributed by atoms with van der Waals surface area (Å²) in [6.07, 6.45) is 7.86. The van der Waals surface area contributed by atoms with E-state index >= 15 is 0 Å². The van der Waals surface area contributed by atoms with Crippen molar-refractivity contribution in [3.05, 3.63) is 36.3 Å². The van der Waals surface area contributed by atoms with Crippen LogP contribution in [0.5, 0.6) is 0 Å². The van der Waals surface area contributed by atoms with Gasteiger partial charge in [-0.15, -0.1) is 0 Å². The maximum Gasteiger partial charge on any atom is 0.161 e. The van der Waals surface area contributed by atoms with Crippen molar-refractivity contribution in [1.29, 1.82) is 0 Å². The monoisotopic (exact) mass is 298 g/mol. The molecule has 0 aliphatic heterocycles. The van der Waals surface area contributed by atoms with E-state index in [2.05, 4.69) is 27.2 Å². The van der Waals surface area contributed by atoms with E-state index in [1.54, 1.807) is 19.5 Å². The van der Waals surface area contributed by atoms with Gasteiger partial charge in [0.1, 0.15) is 5.82 Å². The third-order valence-electron chi connectivity index (χ3n) is 4.37. The van der Waals surface area contributed by atoms with E-state index in [0.717, 1.165) is 48.7 Å². The van der Waals surface area contributed by atoms with Gasteiger partial charge in [0.15, 0.2) is 5.82 Å². The van der Waals surface area contributed by atoms with E-state index in [0.29, 0.717) is 0 Å². The molecule has 0 amide bonds. The molecule has 5 heteroatoms. The number of methoxy groups -OCH3 is 1. The highest BCUT2D eigenvalue weighted by molar-refractivity contribution is 5.56. The summed E-state index contributed by atoms with van der Waals surface area (Å²) in [5.74, 6) is 1.60. The zero-order chi connectivity index (χ0) is 15.4. The molecule has 0 atom stereocenters. The van der Waals surface area contributed by atoms with Gasteiger partial charge in [0.25, 0.3) is 0 Å². The number of anilines is 1. The van der Waals surface area contributed by atoms with Gasteiger partial charge < -0.3 is 10.1 Å². The molecule has 1 N–H and O–H groups in total. The number of pyridine rings is 1. The van der Waals surface area contributed by atoms with Crippen molar-refractivity contribution < 1.29 is 4.74 Å². The average molecular weight is 298 g/mol. The number of nitrogens with one attached hydrogen (secondary N) is 1. The van der Waals surface area contributed by atoms with Crippen LogP contribution in [-0.4, -0.2) is 34.2 Å². The van der Waals surface area contributed by atoms with Crippen LogP contribution in [0.4, 0.5) is 5.82 Å². The molecule has 0 radical (unpaired) electrons. The molecule has 5 nitrogen and oxygen atoms in total. The first kappa shape index (κ1) is 14.9. The molecule has 0 unspecified atom stereocenters. The predicted octanol–water partition coefficient (Wildman–Crippen LogP) is 3.08. The molecule has 1 saturated carbocycles. The second-order valence-corrected chi connectivity index (χ2v) is 5.75. The number of nitrogens with zero attached hydrogens (tertiary/aromatic N) is 3. The predicted molar refractivity (Wildman–Crippen MR) is 86.7 cm³/mol. The van der Waals surface area contributed by atoms with Gasteiger partial charge in [0.2, 0.25) is 0 Å². The summed E-state index contributed by atoms with van der Waals surface area (Å²) in [6.45, 7) is 2.89. The molecule has 0 aromatic carbocycles. The molecular formula is C17H22N4O. The van der Waals surface area contributed by atoms with Crippen LogP contribution in [0.25, 0.3) is 11.4 Å². The molecule has 0 spiro atoms. The average Bonchev–Trinajstić information content (AvgIpc) is 2.55. The highest BCUT2D eigenvalue weighted by Gasteiger charge is 2.36. The molecule has 2 heterocycles. The molecule has 1 aliphatic rings. The summed E-state index contributed by atoms with van der Waals surface area (Å²) in [6, 6.07) is 5.88. The SMILES string of the molecule is CCc1cc(NCC2(OC)CCC2)nc(-c2ccncc2)n1. The Morgan fingerprint density at radius 1 is 1.23 bits per heavy atom. The smallest absolute Gasteiger partial charge is 0.161 e. The molecule has 0 bridgehead atoms. The van der Waals surface area contributed by atoms with Gasteiger partial charge in [-0.2, -0.15) is 0 Å². The normalized spacial score (nSPS) is 16.1. The molecule has 2 aromatic rings. The maximum atomic E-state index is 5.65. The summed E-state index contributed by atoms with van der Waals surface area (Å²) in [4.78, 5) is 13.3. The van der Waals surface area contributed by atoms with Gasteiger partial charge in [-0.1, -0.05) is 6.92 Å². The number of aryl methyl sites for hydroxylation is 1. The van der Waals surface area contributed by atoms with Gasteiger partial charge in [-0.3, -0.25) is 4.98 Å². The number of hydrogen-bond acceptors (Lipinski definition) is 5. The molecule has 22 heavy (non-hydrogen) atoms. The van der Waals surface area contributed by atoms with Crippen molar-refractivity contribution in [2.24, 2.45) is 0 Å². The third kappa shape index (κ3) is 3.09. The van der Waals surface area contributed by atoms with Gasteiger partial charge in [-0.25, -0.2) is 9.97 Å². The molecule has 116 valence electrons. The minimum atomic E-state index is -0.0197. The fourth-order valence-corrected chi connectivity index (χ4v) is 2.68. The Kier molecular flexibility index (Phi) is 4.34. The van der Waals surface area contributed by atoms with E-state index in [1.807, 2.05) is 18.2 Å². The second kappa shape index (κ2) is 6.40. The fraction of sp³-hybridized carbons (Fsp3) is 0.471. The van der Waals surface area contributed by atoms with Crippen LogP contribution in [0.2, 0.25) is 0 Å². The topological polar surface area (TPSA) is 59.9 Å². The molecule has 2 aromatic heterocycles. The first-order valence-corrected chi connectivity index (χ1v) is 7.82. The minimum Gasteiger partial charge on any atom is -0.376 e. The zero-order valence-electron chi connectivity index (χ0n) is 13.2. The van der Waals surface area contributed by atoms with Crippen molar-refractivity contribution in [3.63, 3.8) is 0 Å². The van der Waals surface area contributed by atoms with Gasteiger partial charge in [-0.05, 0) is 37.8 Å². The highest BCUT2D eigenvalue weighted by Crippen LogP contribution is 2.35. The number of aromatic nitrogens is 3. The van der Waals surface area contributed by atoms with Gasteiger partial charge >= 0.3 is 0 Å². The van der Waals surface area contributed by atoms with E-state index in [9.17, 15) is 0 Å². The van der Waals surface area contributed by atoms with Crippen LogP contribution in [0, 0.1) is 0 Å². The van der Waals surface area contributed by atoms with Crippen LogP contribution in [0.15, 0.2) is 30.6 Å². The fourth-order valence-electron chi connectivity index (χ4n) is 2.68. The lowest BCUT2D eigenvalue weighted by Gasteiger charge is -2.40. The largest absolute Gasteiger partial charge is 0.376 e. The maximum absolute atomic E-state index is 5.65. The summed E-state index contributed by atoms with van der Waals surface area (Å²) in [5.41, 5.74) is 2.00. The Bertz CT molecular complexity index is 620. The lowest BCUT2D eigenvalue weighted by Crippen LogP contribution is -2.45. The van der Waals surface area contributed by atoms with E-state index in [-0.39, 0.29) is 5.60 Å². The Morgan fingerprint density at radius 3 is 2.59 bits per heavy atom. The Morgan fingerprint density at radius 2 is 2.00 bits per heavy atom. The van der Waals surface area contributed by atoms with E-state index in [4.69, 9.17) is 4.74 Å². The van der Waals surface area contributed by atoms with Crippen LogP contribution < -0.4 is 5.32 Å². The molecule has 1 fully saturated rings. The quantitative estimate of drug-likeness (QED) is 0.888. The molecule has 0 saturated heterocycles. The van der Waals surface area contributed by atoms with Crippen molar-refractivity contribution in [1.82, 2.24) is 15.0 Å². The van der Waals surface area contributed by atoms with Crippen molar-refractivity contribution >= 4 is 5.82 Å². The molecule has 1 aliphatic carbocycles. The Balaban J connectivity index is 1.82. The highest BCUT2D eigenvalue weighted by atomic mass is 16.5. The first-order chi connectivity index (χ1) is 10.7. The lowest BCUT2D eigenvalue weighted by atomic mass is 9.80. The Labute approximate surface area is 131 Å². The standard InChI is InChI=1S/C17H22N4O/c1-3-14-11-15(19-12-17(22-2)7-4-8-17)21-16(20-14)13-5-9-18-10-6-13/h5-6,9-11H,3-4,7-8,12H2,1-2H3,(H,19,20,21). The van der Waals surface area contributed by atoms with Crippen molar-refractivity contribution in [3.8, 4) is 11.4 Å². The summed E-state index contributed by atoms with van der Waals surface area (Å²) < 4.78 is 5.65.